The highest BCUT2D eigenvalue weighted by Crippen LogP contribution is 2.30. The summed E-state index contributed by atoms with van der Waals surface area (Å²) in [7, 11) is 2.23. The van der Waals surface area contributed by atoms with Crippen molar-refractivity contribution in [3.05, 3.63) is 11.1 Å². The average Bonchev–Trinajstić information content (AvgIpc) is 2.84. The molecule has 0 saturated carbocycles. The molecule has 2 unspecified atom stereocenters. The molecule has 4 nitrogen and oxygen atoms in total. The minimum Gasteiger partial charge on any atom is -0.344 e. The predicted molar refractivity (Wildman–Crippen MR) is 87.7 cm³/mol. The molecule has 114 valence electrons. The maximum Gasteiger partial charge on any atom is 0.185 e. The maximum absolute atomic E-state index is 4.69. The van der Waals surface area contributed by atoms with Gasteiger partial charge in [0.15, 0.2) is 5.13 Å². The number of nitrogens with zero attached hydrogens (tertiary/aromatic N) is 3. The van der Waals surface area contributed by atoms with Gasteiger partial charge in [-0.1, -0.05) is 13.8 Å². The van der Waals surface area contributed by atoms with Crippen molar-refractivity contribution >= 4 is 16.5 Å². The van der Waals surface area contributed by atoms with Gasteiger partial charge in [0, 0.05) is 36.2 Å². The van der Waals surface area contributed by atoms with E-state index in [9.17, 15) is 0 Å². The van der Waals surface area contributed by atoms with Crippen molar-refractivity contribution < 1.29 is 0 Å². The van der Waals surface area contributed by atoms with Crippen molar-refractivity contribution in [1.82, 2.24) is 15.2 Å². The Hall–Kier alpha value is -0.650. The summed E-state index contributed by atoms with van der Waals surface area (Å²) >= 11 is 1.85. The van der Waals surface area contributed by atoms with Gasteiger partial charge in [-0.05, 0) is 39.9 Å². The van der Waals surface area contributed by atoms with Gasteiger partial charge >= 0.3 is 0 Å². The zero-order chi connectivity index (χ0) is 14.5. The Morgan fingerprint density at radius 3 is 2.95 bits per heavy atom. The molecule has 0 spiro atoms. The van der Waals surface area contributed by atoms with Gasteiger partial charge in [0.05, 0.1) is 0 Å². The molecular formula is C15H28N4S. The highest BCUT2D eigenvalue weighted by Gasteiger charge is 2.24. The number of aromatic nitrogens is 1. The molecule has 1 aliphatic heterocycles. The summed E-state index contributed by atoms with van der Waals surface area (Å²) in [5.74, 6) is 0. The van der Waals surface area contributed by atoms with E-state index in [1.165, 1.54) is 29.4 Å². The lowest BCUT2D eigenvalue weighted by atomic mass is 10.2. The number of likely N-dealkylation sites (N-methyl/N-ethyl adjacent to an activating group) is 1. The lowest BCUT2D eigenvalue weighted by molar-refractivity contribution is 0.328. The Morgan fingerprint density at radius 2 is 2.25 bits per heavy atom. The number of thiazole rings is 1. The zero-order valence-corrected chi connectivity index (χ0v) is 14.0. The number of hydrogen-bond acceptors (Lipinski definition) is 5. The van der Waals surface area contributed by atoms with E-state index in [4.69, 9.17) is 4.98 Å². The van der Waals surface area contributed by atoms with E-state index in [1.54, 1.807) is 0 Å². The second-order valence-corrected chi connectivity index (χ2v) is 6.74. The van der Waals surface area contributed by atoms with Crippen LogP contribution in [0.25, 0.3) is 0 Å². The minimum absolute atomic E-state index is 0.404. The summed E-state index contributed by atoms with van der Waals surface area (Å²) < 4.78 is 0. The van der Waals surface area contributed by atoms with Gasteiger partial charge < -0.3 is 15.1 Å². The first kappa shape index (κ1) is 15.7. The largest absolute Gasteiger partial charge is 0.344 e. The van der Waals surface area contributed by atoms with Crippen LogP contribution < -0.4 is 10.2 Å². The zero-order valence-electron chi connectivity index (χ0n) is 13.2. The molecule has 0 bridgehead atoms. The summed E-state index contributed by atoms with van der Waals surface area (Å²) in [6.07, 6.45) is 4.46. The number of hydrogen-bond donors (Lipinski definition) is 1. The molecule has 0 amide bonds. The van der Waals surface area contributed by atoms with Crippen LogP contribution in [0.15, 0.2) is 6.20 Å². The molecule has 2 atom stereocenters. The summed E-state index contributed by atoms with van der Waals surface area (Å²) in [6, 6.07) is 0.997. The van der Waals surface area contributed by atoms with Crippen LogP contribution in [0.1, 0.15) is 44.5 Å². The van der Waals surface area contributed by atoms with Crippen LogP contribution in [-0.2, 0) is 0 Å². The van der Waals surface area contributed by atoms with Crippen LogP contribution >= 0.6 is 11.3 Å². The lowest BCUT2D eigenvalue weighted by Crippen LogP contribution is -2.39. The molecule has 0 radical (unpaired) electrons. The first-order chi connectivity index (χ1) is 9.65. The summed E-state index contributed by atoms with van der Waals surface area (Å²) in [6.45, 7) is 11.1. The number of rotatable bonds is 5. The fraction of sp³-hybridized carbons (Fsp3) is 0.800. The van der Waals surface area contributed by atoms with E-state index in [-0.39, 0.29) is 0 Å². The molecule has 2 heterocycles. The third-order valence-electron chi connectivity index (χ3n) is 4.07. The molecule has 1 fully saturated rings. The van der Waals surface area contributed by atoms with Crippen LogP contribution in [-0.4, -0.2) is 49.2 Å². The van der Waals surface area contributed by atoms with E-state index in [1.807, 2.05) is 11.3 Å². The minimum atomic E-state index is 0.404. The van der Waals surface area contributed by atoms with Crippen LogP contribution in [0, 0.1) is 0 Å². The van der Waals surface area contributed by atoms with Gasteiger partial charge in [0.1, 0.15) is 0 Å². The van der Waals surface area contributed by atoms with Crippen molar-refractivity contribution in [2.75, 3.05) is 38.1 Å². The molecule has 1 saturated heterocycles. The molecule has 1 aromatic heterocycles. The van der Waals surface area contributed by atoms with E-state index in [2.05, 4.69) is 49.1 Å². The monoisotopic (exact) mass is 296 g/mol. The summed E-state index contributed by atoms with van der Waals surface area (Å²) in [4.78, 5) is 11.0. The van der Waals surface area contributed by atoms with Crippen LogP contribution in [0.4, 0.5) is 5.13 Å². The molecule has 1 aromatic rings. The normalized spacial score (nSPS) is 22.8. The van der Waals surface area contributed by atoms with Gasteiger partial charge in [-0.25, -0.2) is 4.98 Å². The second-order valence-electron chi connectivity index (χ2n) is 5.70. The van der Waals surface area contributed by atoms with Crippen molar-refractivity contribution in [3.8, 4) is 0 Å². The van der Waals surface area contributed by atoms with Crippen LogP contribution in [0.3, 0.4) is 0 Å². The van der Waals surface area contributed by atoms with Gasteiger partial charge in [0.25, 0.3) is 0 Å². The third kappa shape index (κ3) is 3.71. The molecule has 1 aliphatic rings. The Bertz CT molecular complexity index is 406. The lowest BCUT2D eigenvalue weighted by Gasteiger charge is -2.29. The number of nitrogens with one attached hydrogen (secondary N) is 1. The van der Waals surface area contributed by atoms with Crippen molar-refractivity contribution in [3.63, 3.8) is 0 Å². The highest BCUT2D eigenvalue weighted by molar-refractivity contribution is 7.15. The van der Waals surface area contributed by atoms with E-state index in [0.717, 1.165) is 19.6 Å². The predicted octanol–water partition coefficient (Wildman–Crippen LogP) is 2.73. The summed E-state index contributed by atoms with van der Waals surface area (Å²) in [5, 5.41) is 4.67. The Labute approximate surface area is 127 Å². The Balaban J connectivity index is 2.12. The van der Waals surface area contributed by atoms with Crippen LogP contribution in [0.2, 0.25) is 0 Å². The first-order valence-electron chi connectivity index (χ1n) is 7.80. The molecule has 0 aliphatic carbocycles. The molecule has 20 heavy (non-hydrogen) atoms. The average molecular weight is 296 g/mol. The topological polar surface area (TPSA) is 31.4 Å². The fourth-order valence-electron chi connectivity index (χ4n) is 2.86. The quantitative estimate of drug-likeness (QED) is 0.905. The smallest absolute Gasteiger partial charge is 0.185 e. The molecule has 1 N–H and O–H groups in total. The van der Waals surface area contributed by atoms with E-state index >= 15 is 0 Å². The molecule has 5 heteroatoms. The van der Waals surface area contributed by atoms with Gasteiger partial charge in [0.2, 0.25) is 0 Å². The Morgan fingerprint density at radius 1 is 1.45 bits per heavy atom. The molecule has 2 rings (SSSR count). The second kappa shape index (κ2) is 7.38. The van der Waals surface area contributed by atoms with Gasteiger partial charge in [-0.3, -0.25) is 0 Å². The van der Waals surface area contributed by atoms with Gasteiger partial charge in [-0.2, -0.15) is 0 Å². The van der Waals surface area contributed by atoms with E-state index in [0.29, 0.717) is 12.1 Å². The first-order valence-corrected chi connectivity index (χ1v) is 8.61. The highest BCUT2D eigenvalue weighted by atomic mass is 32.1. The van der Waals surface area contributed by atoms with Crippen molar-refractivity contribution in [2.24, 2.45) is 0 Å². The standard InChI is InChI=1S/C15H28N4S/c1-5-13-11-18(4)8-7-9-19(13)15-17-10-14(20-15)12(3)16-6-2/h10,12-13,16H,5-9,11H2,1-4H3. The maximum atomic E-state index is 4.69. The van der Waals surface area contributed by atoms with Crippen molar-refractivity contribution in [1.29, 1.82) is 0 Å². The third-order valence-corrected chi connectivity index (χ3v) is 5.28. The number of anilines is 1. The molecular weight excluding hydrogens is 268 g/mol. The SMILES string of the molecule is CCNC(C)c1cnc(N2CCCN(C)CC2CC)s1. The van der Waals surface area contributed by atoms with Crippen molar-refractivity contribution in [2.45, 2.75) is 45.7 Å². The van der Waals surface area contributed by atoms with Gasteiger partial charge in [-0.15, -0.1) is 11.3 Å². The molecule has 0 aromatic carbocycles. The fourth-order valence-corrected chi connectivity index (χ4v) is 3.90. The Kier molecular flexibility index (Phi) is 5.81. The summed E-state index contributed by atoms with van der Waals surface area (Å²) in [5.41, 5.74) is 0. The van der Waals surface area contributed by atoms with Crippen LogP contribution in [0.5, 0.6) is 0 Å². The van der Waals surface area contributed by atoms with E-state index < -0.39 is 0 Å².